The van der Waals surface area contributed by atoms with Crippen LogP contribution in [0.25, 0.3) is 11.0 Å². The molecule has 1 fully saturated rings. The maximum absolute atomic E-state index is 12.9. The van der Waals surface area contributed by atoms with E-state index in [4.69, 9.17) is 26.7 Å². The molecule has 0 aliphatic carbocycles. The Morgan fingerprint density at radius 3 is 2.58 bits per heavy atom. The van der Waals surface area contributed by atoms with Gasteiger partial charge >= 0.3 is 0 Å². The van der Waals surface area contributed by atoms with Crippen LogP contribution in [-0.4, -0.2) is 76.9 Å². The minimum Gasteiger partial charge on any atom is -0.500 e. The number of aromatic nitrogens is 4. The number of hydrogen-bond acceptors (Lipinski definition) is 10. The van der Waals surface area contributed by atoms with Crippen molar-refractivity contribution in [2.75, 3.05) is 50.6 Å². The van der Waals surface area contributed by atoms with E-state index in [2.05, 4.69) is 42.4 Å². The summed E-state index contributed by atoms with van der Waals surface area (Å²) in [6.45, 7) is 9.40. The number of anilines is 3. The number of amidine groups is 1. The molecule has 11 nitrogen and oxygen atoms in total. The van der Waals surface area contributed by atoms with E-state index in [1.165, 1.54) is 12.4 Å². The largest absolute Gasteiger partial charge is 0.500 e. The number of benzene rings is 1. The highest BCUT2D eigenvalue weighted by Crippen LogP contribution is 2.29. The second-order valence-corrected chi connectivity index (χ2v) is 10.5. The molecule has 0 radical (unpaired) electrons. The molecular formula is C26H32ClN9O2. The zero-order valence-corrected chi connectivity index (χ0v) is 22.9. The molecule has 0 atom stereocenters. The Morgan fingerprint density at radius 2 is 1.89 bits per heavy atom. The highest BCUT2D eigenvalue weighted by Gasteiger charge is 2.20. The van der Waals surface area contributed by atoms with Crippen molar-refractivity contribution in [2.45, 2.75) is 20.8 Å². The van der Waals surface area contributed by atoms with Crippen molar-refractivity contribution in [3.05, 3.63) is 53.1 Å². The standard InChI is InChI=1S/C26H32ClN9O2/c1-26(2,3)20(38-5)13-21(28)33-24(37)16-6-7-17(27)18(12-16)32-23-22-19(30-15-31-23)14-29-25(34-22)36-10-8-35(4)9-11-36/h6-7,12-15H,8-11H2,1-5H3,(H2,28,33,37)(H,30,31,32)/b20-13-. The fourth-order valence-electron chi connectivity index (χ4n) is 3.93. The minimum absolute atomic E-state index is 0.0823. The Kier molecular flexibility index (Phi) is 8.08. The number of nitrogens with zero attached hydrogens (tertiary/aromatic N) is 6. The average molecular weight is 538 g/mol. The number of ether oxygens (including phenoxy) is 1. The van der Waals surface area contributed by atoms with Gasteiger partial charge < -0.3 is 25.2 Å². The number of likely N-dealkylation sites (N-methyl/N-ethyl adjacent to an activating group) is 1. The highest BCUT2D eigenvalue weighted by atomic mass is 35.5. The number of hydrogen-bond donors (Lipinski definition) is 3. The van der Waals surface area contributed by atoms with E-state index in [0.29, 0.717) is 44.8 Å². The van der Waals surface area contributed by atoms with Crippen LogP contribution in [0.2, 0.25) is 5.02 Å². The number of amides is 1. The van der Waals surface area contributed by atoms with Gasteiger partial charge in [0.1, 0.15) is 29.0 Å². The van der Waals surface area contributed by atoms with E-state index in [9.17, 15) is 4.79 Å². The molecule has 1 aliphatic heterocycles. The molecule has 1 aromatic carbocycles. The van der Waals surface area contributed by atoms with Gasteiger partial charge in [-0.1, -0.05) is 32.4 Å². The summed E-state index contributed by atoms with van der Waals surface area (Å²) in [5, 5.41) is 14.4. The van der Waals surface area contributed by atoms with Gasteiger partial charge in [0.05, 0.1) is 24.0 Å². The first kappa shape index (κ1) is 27.2. The Labute approximate surface area is 226 Å². The lowest BCUT2D eigenvalue weighted by Crippen LogP contribution is -2.45. The summed E-state index contributed by atoms with van der Waals surface area (Å²) in [6.07, 6.45) is 4.60. The molecule has 0 spiro atoms. The molecule has 3 aromatic rings. The summed E-state index contributed by atoms with van der Waals surface area (Å²) >= 11 is 6.46. The van der Waals surface area contributed by atoms with Gasteiger partial charge in [-0.25, -0.2) is 19.9 Å². The van der Waals surface area contributed by atoms with Gasteiger partial charge in [-0.05, 0) is 25.2 Å². The topological polar surface area (TPSA) is 132 Å². The Morgan fingerprint density at radius 1 is 1.16 bits per heavy atom. The maximum atomic E-state index is 12.9. The highest BCUT2D eigenvalue weighted by molar-refractivity contribution is 6.33. The summed E-state index contributed by atoms with van der Waals surface area (Å²) in [7, 11) is 3.63. The molecule has 200 valence electrons. The maximum Gasteiger partial charge on any atom is 0.256 e. The Hall–Kier alpha value is -3.83. The van der Waals surface area contributed by atoms with E-state index in [1.54, 1.807) is 31.5 Å². The number of carbonyl (C=O) groups excluding carboxylic acids is 1. The molecule has 3 N–H and O–H groups in total. The fourth-order valence-corrected chi connectivity index (χ4v) is 4.09. The number of piperazine rings is 1. The van der Waals surface area contributed by atoms with Crippen LogP contribution < -0.4 is 15.5 Å². The molecule has 1 saturated heterocycles. The third-order valence-electron chi connectivity index (χ3n) is 6.12. The van der Waals surface area contributed by atoms with Crippen LogP contribution in [0.3, 0.4) is 0 Å². The number of allylic oxidation sites excluding steroid dienone is 1. The minimum atomic E-state index is -0.456. The molecule has 1 aliphatic rings. The number of halogens is 1. The van der Waals surface area contributed by atoms with Gasteiger partial charge in [0.2, 0.25) is 5.95 Å². The van der Waals surface area contributed by atoms with Crippen LogP contribution in [0, 0.1) is 10.8 Å². The molecule has 0 unspecified atom stereocenters. The SMILES string of the molecule is CO/C(=C\C(=N)NC(=O)c1ccc(Cl)c(Nc2ncnc3cnc(N4CCN(C)CC4)nc23)c1)C(C)(C)C. The average Bonchev–Trinajstić information content (AvgIpc) is 2.88. The molecule has 3 heterocycles. The van der Waals surface area contributed by atoms with Crippen LogP contribution in [-0.2, 0) is 4.74 Å². The predicted molar refractivity (Wildman–Crippen MR) is 149 cm³/mol. The summed E-state index contributed by atoms with van der Waals surface area (Å²) < 4.78 is 5.37. The second-order valence-electron chi connectivity index (χ2n) is 10.1. The number of rotatable bonds is 6. The van der Waals surface area contributed by atoms with Crippen molar-refractivity contribution in [1.82, 2.24) is 30.2 Å². The number of methoxy groups -OCH3 is 1. The van der Waals surface area contributed by atoms with Gasteiger partial charge in [-0.15, -0.1) is 0 Å². The molecule has 38 heavy (non-hydrogen) atoms. The van der Waals surface area contributed by atoms with Crippen molar-refractivity contribution < 1.29 is 9.53 Å². The molecule has 1 amide bonds. The first-order valence-corrected chi connectivity index (χ1v) is 12.6. The van der Waals surface area contributed by atoms with Crippen molar-refractivity contribution in [3.63, 3.8) is 0 Å². The second kappa shape index (κ2) is 11.3. The van der Waals surface area contributed by atoms with Crippen molar-refractivity contribution in [1.29, 1.82) is 5.41 Å². The number of fused-ring (bicyclic) bond motifs is 1. The van der Waals surface area contributed by atoms with Crippen LogP contribution >= 0.6 is 11.6 Å². The van der Waals surface area contributed by atoms with Crippen LogP contribution in [0.5, 0.6) is 0 Å². The van der Waals surface area contributed by atoms with Gasteiger partial charge in [0.15, 0.2) is 5.82 Å². The lowest BCUT2D eigenvalue weighted by Gasteiger charge is -2.32. The third-order valence-corrected chi connectivity index (χ3v) is 6.44. The molecular weight excluding hydrogens is 506 g/mol. The van der Waals surface area contributed by atoms with Gasteiger partial charge in [-0.3, -0.25) is 10.2 Å². The summed E-state index contributed by atoms with van der Waals surface area (Å²) in [6, 6.07) is 4.81. The molecule has 4 rings (SSSR count). The zero-order chi connectivity index (χ0) is 27.4. The van der Waals surface area contributed by atoms with E-state index in [0.717, 1.165) is 26.2 Å². The van der Waals surface area contributed by atoms with Gasteiger partial charge in [-0.2, -0.15) is 0 Å². The summed E-state index contributed by atoms with van der Waals surface area (Å²) in [5.74, 6) is 1.09. The first-order valence-electron chi connectivity index (χ1n) is 12.2. The van der Waals surface area contributed by atoms with Crippen LogP contribution in [0.4, 0.5) is 17.5 Å². The number of nitrogens with one attached hydrogen (secondary N) is 3. The normalized spacial score (nSPS) is 14.9. The Balaban J connectivity index is 1.57. The van der Waals surface area contributed by atoms with Gasteiger partial charge in [0, 0.05) is 43.2 Å². The van der Waals surface area contributed by atoms with E-state index < -0.39 is 5.91 Å². The molecule has 2 aromatic heterocycles. The predicted octanol–water partition coefficient (Wildman–Crippen LogP) is 3.85. The molecule has 0 saturated carbocycles. The van der Waals surface area contributed by atoms with E-state index >= 15 is 0 Å². The lowest BCUT2D eigenvalue weighted by atomic mass is 9.93. The van der Waals surface area contributed by atoms with E-state index in [-0.39, 0.29) is 11.3 Å². The van der Waals surface area contributed by atoms with E-state index in [1.807, 2.05) is 20.8 Å². The van der Waals surface area contributed by atoms with Crippen LogP contribution in [0.1, 0.15) is 31.1 Å². The Bertz CT molecular complexity index is 1380. The summed E-state index contributed by atoms with van der Waals surface area (Å²) in [5.41, 5.74) is 1.60. The smallest absolute Gasteiger partial charge is 0.256 e. The quantitative estimate of drug-likeness (QED) is 0.243. The molecule has 0 bridgehead atoms. The monoisotopic (exact) mass is 537 g/mol. The summed E-state index contributed by atoms with van der Waals surface area (Å²) in [4.78, 5) is 35.2. The third kappa shape index (κ3) is 6.35. The van der Waals surface area contributed by atoms with Crippen LogP contribution in [0.15, 0.2) is 42.6 Å². The van der Waals surface area contributed by atoms with Crippen molar-refractivity contribution in [2.24, 2.45) is 5.41 Å². The zero-order valence-electron chi connectivity index (χ0n) is 22.2. The lowest BCUT2D eigenvalue weighted by molar-refractivity contribution is 0.0977. The van der Waals surface area contributed by atoms with Crippen molar-refractivity contribution >= 4 is 51.8 Å². The molecule has 12 heteroatoms. The van der Waals surface area contributed by atoms with Gasteiger partial charge in [0.25, 0.3) is 5.91 Å². The fraction of sp³-hybridized carbons (Fsp3) is 0.385. The first-order chi connectivity index (χ1) is 18.0. The number of carbonyl (C=O) groups is 1. The van der Waals surface area contributed by atoms with Crippen molar-refractivity contribution in [3.8, 4) is 0 Å².